The maximum absolute atomic E-state index is 8.77. The van der Waals surface area contributed by atoms with Crippen LogP contribution in [0.4, 0.5) is 0 Å². The van der Waals surface area contributed by atoms with Crippen molar-refractivity contribution in [3.05, 3.63) is 12.3 Å². The van der Waals surface area contributed by atoms with E-state index in [2.05, 4.69) is 11.5 Å². The summed E-state index contributed by atoms with van der Waals surface area (Å²) in [4.78, 5) is 2.06. The molecule has 1 fully saturated rings. The molecular formula is C7H13NO. The summed E-state index contributed by atoms with van der Waals surface area (Å²) in [5.41, 5.74) is 1.15. The van der Waals surface area contributed by atoms with Gasteiger partial charge in [-0.25, -0.2) is 0 Å². The van der Waals surface area contributed by atoms with Gasteiger partial charge < -0.3 is 10.0 Å². The van der Waals surface area contributed by atoms with E-state index in [1.54, 1.807) is 0 Å². The second kappa shape index (κ2) is 2.40. The third-order valence-electron chi connectivity index (χ3n) is 2.02. The Balaban J connectivity index is 2.51. The summed E-state index contributed by atoms with van der Waals surface area (Å²) in [5.74, 6) is 0. The highest BCUT2D eigenvalue weighted by Gasteiger charge is 2.21. The third kappa shape index (κ3) is 1.08. The van der Waals surface area contributed by atoms with Crippen molar-refractivity contribution >= 4 is 0 Å². The topological polar surface area (TPSA) is 23.5 Å². The van der Waals surface area contributed by atoms with Gasteiger partial charge in [0.1, 0.15) is 0 Å². The molecule has 9 heavy (non-hydrogen) atoms. The molecule has 1 N–H and O–H groups in total. The van der Waals surface area contributed by atoms with Crippen molar-refractivity contribution < 1.29 is 5.11 Å². The van der Waals surface area contributed by atoms with Crippen LogP contribution in [0.25, 0.3) is 0 Å². The molecule has 1 heterocycles. The van der Waals surface area contributed by atoms with E-state index in [1.807, 2.05) is 7.05 Å². The quantitative estimate of drug-likeness (QED) is 0.557. The Morgan fingerprint density at radius 2 is 2.56 bits per heavy atom. The molecule has 1 rings (SSSR count). The zero-order valence-electron chi connectivity index (χ0n) is 5.80. The minimum atomic E-state index is 0.259. The van der Waals surface area contributed by atoms with E-state index in [-0.39, 0.29) is 6.61 Å². The molecule has 1 aliphatic heterocycles. The first-order valence-corrected chi connectivity index (χ1v) is 3.27. The molecule has 0 aromatic carbocycles. The van der Waals surface area contributed by atoms with E-state index in [1.165, 1.54) is 0 Å². The highest BCUT2D eigenvalue weighted by molar-refractivity contribution is 5.02. The Hall–Kier alpha value is -0.500. The largest absolute Gasteiger partial charge is 0.394 e. The Bertz CT molecular complexity index is 122. The normalized spacial score (nSPS) is 27.6. The van der Waals surface area contributed by atoms with Crippen LogP contribution in [0.5, 0.6) is 0 Å². The number of likely N-dealkylation sites (tertiary alicyclic amines) is 1. The van der Waals surface area contributed by atoms with Crippen LogP contribution in [0.2, 0.25) is 0 Å². The summed E-state index contributed by atoms with van der Waals surface area (Å²) >= 11 is 0. The number of nitrogens with zero attached hydrogens (tertiary/aromatic N) is 1. The molecule has 0 spiro atoms. The predicted octanol–water partition coefficient (Wildman–Crippen LogP) is 0.587. The van der Waals surface area contributed by atoms with Gasteiger partial charge in [0, 0.05) is 12.7 Å². The molecule has 1 aliphatic rings. The molecule has 1 unspecified atom stereocenters. The number of aliphatic hydroxyl groups is 1. The van der Waals surface area contributed by atoms with Crippen LogP contribution in [0.3, 0.4) is 0 Å². The summed E-state index contributed by atoms with van der Waals surface area (Å²) in [7, 11) is 1.98. The molecule has 52 valence electrons. The van der Waals surface area contributed by atoms with Crippen LogP contribution in [0.1, 0.15) is 12.8 Å². The van der Waals surface area contributed by atoms with Gasteiger partial charge >= 0.3 is 0 Å². The molecule has 1 atom stereocenters. The molecule has 0 radical (unpaired) electrons. The van der Waals surface area contributed by atoms with Crippen molar-refractivity contribution in [1.29, 1.82) is 0 Å². The van der Waals surface area contributed by atoms with Crippen LogP contribution in [0.15, 0.2) is 12.3 Å². The van der Waals surface area contributed by atoms with Crippen LogP contribution < -0.4 is 0 Å². The van der Waals surface area contributed by atoms with Crippen molar-refractivity contribution in [3.8, 4) is 0 Å². The molecule has 0 aromatic heterocycles. The summed E-state index contributed by atoms with van der Waals surface area (Å²) in [6, 6.07) is 0.331. The Morgan fingerprint density at radius 1 is 1.89 bits per heavy atom. The molecule has 0 aromatic rings. The lowest BCUT2D eigenvalue weighted by Gasteiger charge is -2.19. The average molecular weight is 127 g/mol. The van der Waals surface area contributed by atoms with Gasteiger partial charge in [0.05, 0.1) is 12.6 Å². The van der Waals surface area contributed by atoms with E-state index in [9.17, 15) is 0 Å². The lowest BCUT2D eigenvalue weighted by atomic mass is 10.2. The Kier molecular flexibility index (Phi) is 1.76. The Morgan fingerprint density at radius 3 is 2.78 bits per heavy atom. The molecule has 0 aliphatic carbocycles. The summed E-state index contributed by atoms with van der Waals surface area (Å²) in [6.45, 7) is 4.11. The molecule has 0 saturated carbocycles. The maximum atomic E-state index is 8.77. The molecule has 0 bridgehead atoms. The summed E-state index contributed by atoms with van der Waals surface area (Å²) < 4.78 is 0. The smallest absolute Gasteiger partial charge is 0.0634 e. The zero-order valence-corrected chi connectivity index (χ0v) is 5.80. The fraction of sp³-hybridized carbons (Fsp3) is 0.714. The highest BCUT2D eigenvalue weighted by Crippen LogP contribution is 2.22. The van der Waals surface area contributed by atoms with E-state index >= 15 is 0 Å². The van der Waals surface area contributed by atoms with Gasteiger partial charge in [-0.1, -0.05) is 6.58 Å². The van der Waals surface area contributed by atoms with E-state index in [4.69, 9.17) is 5.11 Å². The van der Waals surface area contributed by atoms with E-state index in [0.29, 0.717) is 6.04 Å². The number of hydrogen-bond donors (Lipinski definition) is 1. The number of aliphatic hydroxyl groups excluding tert-OH is 1. The zero-order chi connectivity index (χ0) is 6.85. The van der Waals surface area contributed by atoms with Crippen molar-refractivity contribution in [3.63, 3.8) is 0 Å². The molecule has 1 saturated heterocycles. The first-order chi connectivity index (χ1) is 4.25. The molecule has 2 heteroatoms. The molecule has 2 nitrogen and oxygen atoms in total. The fourth-order valence-corrected chi connectivity index (χ4v) is 1.18. The van der Waals surface area contributed by atoms with Crippen LogP contribution in [-0.2, 0) is 0 Å². The summed E-state index contributed by atoms with van der Waals surface area (Å²) in [6.07, 6.45) is 2.10. The first-order valence-electron chi connectivity index (χ1n) is 3.27. The molecular weight excluding hydrogens is 114 g/mol. The van der Waals surface area contributed by atoms with Gasteiger partial charge in [0.15, 0.2) is 0 Å². The number of allylic oxidation sites excluding steroid dienone is 1. The monoisotopic (exact) mass is 127 g/mol. The van der Waals surface area contributed by atoms with Gasteiger partial charge in [-0.2, -0.15) is 0 Å². The number of rotatable bonds is 1. The van der Waals surface area contributed by atoms with Crippen molar-refractivity contribution in [2.75, 3.05) is 13.7 Å². The van der Waals surface area contributed by atoms with Crippen molar-refractivity contribution in [2.24, 2.45) is 0 Å². The van der Waals surface area contributed by atoms with Gasteiger partial charge in [-0.3, -0.25) is 0 Å². The minimum Gasteiger partial charge on any atom is -0.394 e. The Labute approximate surface area is 55.8 Å². The minimum absolute atomic E-state index is 0.259. The summed E-state index contributed by atoms with van der Waals surface area (Å²) in [5, 5.41) is 8.77. The maximum Gasteiger partial charge on any atom is 0.0634 e. The highest BCUT2D eigenvalue weighted by atomic mass is 16.3. The van der Waals surface area contributed by atoms with E-state index < -0.39 is 0 Å². The lowest BCUT2D eigenvalue weighted by Crippen LogP contribution is -2.26. The van der Waals surface area contributed by atoms with Crippen LogP contribution in [0, 0.1) is 0 Å². The van der Waals surface area contributed by atoms with E-state index in [0.717, 1.165) is 18.5 Å². The van der Waals surface area contributed by atoms with Gasteiger partial charge in [0.2, 0.25) is 0 Å². The molecule has 0 amide bonds. The number of likely N-dealkylation sites (N-methyl/N-ethyl adjacent to an activating group) is 1. The van der Waals surface area contributed by atoms with Crippen molar-refractivity contribution in [2.45, 2.75) is 18.9 Å². The van der Waals surface area contributed by atoms with Crippen LogP contribution in [-0.4, -0.2) is 29.7 Å². The second-order valence-electron chi connectivity index (χ2n) is 2.55. The first kappa shape index (κ1) is 6.62. The van der Waals surface area contributed by atoms with Crippen LogP contribution >= 0.6 is 0 Å². The fourth-order valence-electron chi connectivity index (χ4n) is 1.18. The second-order valence-corrected chi connectivity index (χ2v) is 2.55. The third-order valence-corrected chi connectivity index (χ3v) is 2.02. The van der Waals surface area contributed by atoms with Crippen molar-refractivity contribution in [1.82, 2.24) is 4.90 Å². The van der Waals surface area contributed by atoms with Gasteiger partial charge in [0.25, 0.3) is 0 Å². The SMILES string of the molecule is C=C1CCC(CO)N1C. The predicted molar refractivity (Wildman–Crippen MR) is 37.0 cm³/mol. The average Bonchev–Trinajstić information content (AvgIpc) is 2.15. The van der Waals surface area contributed by atoms with Gasteiger partial charge in [-0.05, 0) is 12.8 Å². The van der Waals surface area contributed by atoms with Gasteiger partial charge in [-0.15, -0.1) is 0 Å². The standard InChI is InChI=1S/C7H13NO/c1-6-3-4-7(5-9)8(6)2/h7,9H,1,3-5H2,2H3. The number of hydrogen-bond acceptors (Lipinski definition) is 2. The lowest BCUT2D eigenvalue weighted by molar-refractivity contribution is 0.195.